The number of aromatic nitrogens is 1. The highest BCUT2D eigenvalue weighted by Crippen LogP contribution is 2.30. The summed E-state index contributed by atoms with van der Waals surface area (Å²) in [4.78, 5) is 0. The highest BCUT2D eigenvalue weighted by atomic mass is 35.5. The molecule has 0 atom stereocenters. The van der Waals surface area contributed by atoms with Crippen LogP contribution in [0.4, 0.5) is 0 Å². The van der Waals surface area contributed by atoms with Gasteiger partial charge in [0, 0.05) is 18.1 Å². The van der Waals surface area contributed by atoms with Crippen molar-refractivity contribution in [2.45, 2.75) is 13.0 Å². The smallest absolute Gasteiger partial charge is 0.0685 e. The number of aryl methyl sites for hydroxylation is 1. The summed E-state index contributed by atoms with van der Waals surface area (Å²) in [5, 5.41) is 2.47. The SMILES string of the molecule is NCCCn1cc(Cl)c2cccc(Cl)c21. The molecule has 1 aromatic carbocycles. The summed E-state index contributed by atoms with van der Waals surface area (Å²) < 4.78 is 2.06. The Bertz CT molecular complexity index is 477. The third-order valence-corrected chi connectivity index (χ3v) is 3.01. The maximum atomic E-state index is 6.14. The molecule has 1 aromatic heterocycles. The summed E-state index contributed by atoms with van der Waals surface area (Å²) in [5.41, 5.74) is 6.48. The van der Waals surface area contributed by atoms with E-state index in [2.05, 4.69) is 4.57 Å². The average Bonchev–Trinajstić information content (AvgIpc) is 2.55. The predicted molar refractivity (Wildman–Crippen MR) is 65.6 cm³/mol. The van der Waals surface area contributed by atoms with Crippen LogP contribution in [0.1, 0.15) is 6.42 Å². The van der Waals surface area contributed by atoms with E-state index in [4.69, 9.17) is 28.9 Å². The molecule has 0 saturated carbocycles. The number of nitrogens with two attached hydrogens (primary N) is 1. The van der Waals surface area contributed by atoms with E-state index in [0.717, 1.165) is 33.9 Å². The average molecular weight is 243 g/mol. The van der Waals surface area contributed by atoms with Crippen LogP contribution in [0.2, 0.25) is 10.0 Å². The third kappa shape index (κ3) is 1.98. The van der Waals surface area contributed by atoms with Crippen LogP contribution in [0.25, 0.3) is 10.9 Å². The van der Waals surface area contributed by atoms with Gasteiger partial charge >= 0.3 is 0 Å². The molecule has 80 valence electrons. The lowest BCUT2D eigenvalue weighted by molar-refractivity contribution is 0.671. The number of rotatable bonds is 3. The van der Waals surface area contributed by atoms with Gasteiger partial charge in [-0.3, -0.25) is 0 Å². The molecule has 15 heavy (non-hydrogen) atoms. The quantitative estimate of drug-likeness (QED) is 0.880. The van der Waals surface area contributed by atoms with Gasteiger partial charge in [-0.05, 0) is 19.0 Å². The van der Waals surface area contributed by atoms with Crippen LogP contribution in [-0.2, 0) is 6.54 Å². The number of fused-ring (bicyclic) bond motifs is 1. The summed E-state index contributed by atoms with van der Waals surface area (Å²) in [5.74, 6) is 0. The van der Waals surface area contributed by atoms with E-state index < -0.39 is 0 Å². The van der Waals surface area contributed by atoms with E-state index in [1.807, 2.05) is 24.4 Å². The fourth-order valence-electron chi connectivity index (χ4n) is 1.71. The van der Waals surface area contributed by atoms with Crippen molar-refractivity contribution in [3.05, 3.63) is 34.4 Å². The first-order chi connectivity index (χ1) is 7.24. The number of hydrogen-bond acceptors (Lipinski definition) is 1. The van der Waals surface area contributed by atoms with Gasteiger partial charge in [0.1, 0.15) is 0 Å². The second kappa shape index (κ2) is 4.44. The third-order valence-electron chi connectivity index (χ3n) is 2.40. The second-order valence-electron chi connectivity index (χ2n) is 3.45. The Kier molecular flexibility index (Phi) is 3.19. The molecule has 0 unspecified atom stereocenters. The van der Waals surface area contributed by atoms with Gasteiger partial charge in [-0.1, -0.05) is 35.3 Å². The summed E-state index contributed by atoms with van der Waals surface area (Å²) in [6, 6.07) is 5.76. The minimum Gasteiger partial charge on any atom is -0.345 e. The van der Waals surface area contributed by atoms with Crippen molar-refractivity contribution in [1.29, 1.82) is 0 Å². The largest absolute Gasteiger partial charge is 0.345 e. The molecule has 2 aromatic rings. The van der Waals surface area contributed by atoms with Crippen molar-refractivity contribution < 1.29 is 0 Å². The zero-order valence-corrected chi connectivity index (χ0v) is 9.72. The minimum atomic E-state index is 0.668. The Morgan fingerprint density at radius 2 is 2.00 bits per heavy atom. The number of halogens is 2. The van der Waals surface area contributed by atoms with Crippen LogP contribution in [0, 0.1) is 0 Å². The molecule has 1 heterocycles. The van der Waals surface area contributed by atoms with Crippen molar-refractivity contribution in [2.24, 2.45) is 5.73 Å². The fourth-order valence-corrected chi connectivity index (χ4v) is 2.26. The molecule has 0 amide bonds. The van der Waals surface area contributed by atoms with Gasteiger partial charge in [0.2, 0.25) is 0 Å². The lowest BCUT2D eigenvalue weighted by Crippen LogP contribution is -2.04. The molecular weight excluding hydrogens is 231 g/mol. The van der Waals surface area contributed by atoms with E-state index in [1.54, 1.807) is 0 Å². The van der Waals surface area contributed by atoms with Crippen molar-refractivity contribution >= 4 is 34.1 Å². The van der Waals surface area contributed by atoms with Crippen LogP contribution < -0.4 is 5.73 Å². The van der Waals surface area contributed by atoms with Crippen molar-refractivity contribution in [2.75, 3.05) is 6.54 Å². The monoisotopic (exact) mass is 242 g/mol. The zero-order valence-electron chi connectivity index (χ0n) is 8.21. The van der Waals surface area contributed by atoms with Gasteiger partial charge in [0.15, 0.2) is 0 Å². The van der Waals surface area contributed by atoms with Crippen molar-refractivity contribution in [3.63, 3.8) is 0 Å². The standard InChI is InChI=1S/C11H12Cl2N2/c12-9-4-1-3-8-10(13)7-15(11(8)9)6-2-5-14/h1,3-4,7H,2,5-6,14H2. The summed E-state index contributed by atoms with van der Waals surface area (Å²) in [6.45, 7) is 1.52. The maximum absolute atomic E-state index is 6.14. The highest BCUT2D eigenvalue weighted by Gasteiger charge is 2.08. The molecule has 0 fully saturated rings. The van der Waals surface area contributed by atoms with Crippen molar-refractivity contribution in [1.82, 2.24) is 4.57 Å². The van der Waals surface area contributed by atoms with Crippen LogP contribution in [0.3, 0.4) is 0 Å². The van der Waals surface area contributed by atoms with E-state index in [1.165, 1.54) is 0 Å². The molecule has 0 bridgehead atoms. The first kappa shape index (κ1) is 10.8. The van der Waals surface area contributed by atoms with Gasteiger partial charge in [-0.2, -0.15) is 0 Å². The molecule has 0 radical (unpaired) electrons. The Labute approximate surface area is 98.6 Å². The highest BCUT2D eigenvalue weighted by molar-refractivity contribution is 6.39. The topological polar surface area (TPSA) is 30.9 Å². The summed E-state index contributed by atoms with van der Waals surface area (Å²) in [7, 11) is 0. The van der Waals surface area contributed by atoms with E-state index in [9.17, 15) is 0 Å². The van der Waals surface area contributed by atoms with Gasteiger partial charge in [-0.25, -0.2) is 0 Å². The normalized spacial score (nSPS) is 11.1. The molecule has 0 aliphatic rings. The zero-order chi connectivity index (χ0) is 10.8. The maximum Gasteiger partial charge on any atom is 0.0685 e. The minimum absolute atomic E-state index is 0.668. The molecule has 2 nitrogen and oxygen atoms in total. The van der Waals surface area contributed by atoms with Gasteiger partial charge in [0.25, 0.3) is 0 Å². The van der Waals surface area contributed by atoms with E-state index in [0.29, 0.717) is 6.54 Å². The Morgan fingerprint density at radius 1 is 1.20 bits per heavy atom. The van der Waals surface area contributed by atoms with Gasteiger partial charge in [0.05, 0.1) is 15.6 Å². The molecule has 0 saturated heterocycles. The summed E-state index contributed by atoms with van der Waals surface area (Å²) in [6.07, 6.45) is 2.83. The molecule has 0 aliphatic heterocycles. The van der Waals surface area contributed by atoms with Gasteiger partial charge < -0.3 is 10.3 Å². The van der Waals surface area contributed by atoms with E-state index in [-0.39, 0.29) is 0 Å². The molecular formula is C11H12Cl2N2. The van der Waals surface area contributed by atoms with Gasteiger partial charge in [-0.15, -0.1) is 0 Å². The number of hydrogen-bond donors (Lipinski definition) is 1. The number of para-hydroxylation sites is 1. The Hall–Kier alpha value is -0.700. The van der Waals surface area contributed by atoms with Crippen LogP contribution in [0.15, 0.2) is 24.4 Å². The lowest BCUT2D eigenvalue weighted by Gasteiger charge is -2.04. The number of nitrogens with zero attached hydrogens (tertiary/aromatic N) is 1. The molecule has 0 aliphatic carbocycles. The fraction of sp³-hybridized carbons (Fsp3) is 0.273. The molecule has 2 N–H and O–H groups in total. The van der Waals surface area contributed by atoms with Crippen LogP contribution in [-0.4, -0.2) is 11.1 Å². The van der Waals surface area contributed by atoms with E-state index >= 15 is 0 Å². The Morgan fingerprint density at radius 3 is 2.73 bits per heavy atom. The Balaban J connectivity index is 2.54. The van der Waals surface area contributed by atoms with Crippen LogP contribution >= 0.6 is 23.2 Å². The predicted octanol–water partition coefficient (Wildman–Crippen LogP) is 3.30. The van der Waals surface area contributed by atoms with Crippen molar-refractivity contribution in [3.8, 4) is 0 Å². The lowest BCUT2D eigenvalue weighted by atomic mass is 10.2. The molecule has 4 heteroatoms. The summed E-state index contributed by atoms with van der Waals surface area (Å²) >= 11 is 12.3. The number of benzene rings is 1. The molecule has 2 rings (SSSR count). The first-order valence-electron chi connectivity index (χ1n) is 4.87. The molecule has 0 spiro atoms. The first-order valence-corrected chi connectivity index (χ1v) is 5.62. The van der Waals surface area contributed by atoms with Crippen LogP contribution in [0.5, 0.6) is 0 Å². The second-order valence-corrected chi connectivity index (χ2v) is 4.26.